The highest BCUT2D eigenvalue weighted by molar-refractivity contribution is 5.89. The maximum atomic E-state index is 13.0. The molecular weight excluding hydrogens is 202 g/mol. The van der Waals surface area contributed by atoms with Crippen LogP contribution < -0.4 is 0 Å². The number of carbonyl (C=O) groups is 1. The minimum absolute atomic E-state index is 0.419. The molecule has 0 amide bonds. The van der Waals surface area contributed by atoms with Gasteiger partial charge in [-0.1, -0.05) is 13.8 Å². The number of ether oxygens (including phenoxy) is 1. The number of carbonyl (C=O) groups excluding carboxylic acids is 1. The molecule has 0 aliphatic rings. The van der Waals surface area contributed by atoms with Gasteiger partial charge in [-0.2, -0.15) is 0 Å². The van der Waals surface area contributed by atoms with Gasteiger partial charge in [0.15, 0.2) is 0 Å². The summed E-state index contributed by atoms with van der Waals surface area (Å²) < 4.78 is 30.2. The van der Waals surface area contributed by atoms with Crippen molar-refractivity contribution in [2.45, 2.75) is 20.8 Å². The van der Waals surface area contributed by atoms with Crippen LogP contribution in [0.1, 0.15) is 29.8 Å². The van der Waals surface area contributed by atoms with Crippen LogP contribution in [0, 0.1) is 18.6 Å². The zero-order valence-corrected chi connectivity index (χ0v) is 9.23. The van der Waals surface area contributed by atoms with Gasteiger partial charge in [0.25, 0.3) is 0 Å². The smallest absolute Gasteiger partial charge is 0.343 e. The highest BCUT2D eigenvalue weighted by atomic mass is 19.1. The fraction of sp³-hybridized carbons (Fsp3) is 0.364. The lowest BCUT2D eigenvalue weighted by molar-refractivity contribution is 0.0590. The maximum absolute atomic E-state index is 13.0. The number of aryl methyl sites for hydroxylation is 1. The fourth-order valence-electron chi connectivity index (χ4n) is 0.997. The van der Waals surface area contributed by atoms with Crippen molar-refractivity contribution in [1.29, 1.82) is 0 Å². The Kier molecular flexibility index (Phi) is 5.52. The van der Waals surface area contributed by atoms with Gasteiger partial charge in [0.05, 0.1) is 7.11 Å². The van der Waals surface area contributed by atoms with Gasteiger partial charge in [-0.15, -0.1) is 0 Å². The molecule has 0 aromatic heterocycles. The SMILES string of the molecule is CC.COC(=O)c1c(F)cc(C)cc1F. The highest BCUT2D eigenvalue weighted by Gasteiger charge is 2.17. The van der Waals surface area contributed by atoms with Crippen molar-refractivity contribution in [1.82, 2.24) is 0 Å². The van der Waals surface area contributed by atoms with Crippen molar-refractivity contribution in [3.63, 3.8) is 0 Å². The van der Waals surface area contributed by atoms with Crippen LogP contribution in [-0.2, 0) is 4.74 Å². The molecule has 0 radical (unpaired) electrons. The standard InChI is InChI=1S/C9H8F2O2.C2H6/c1-5-3-6(10)8(7(11)4-5)9(12)13-2;1-2/h3-4H,1-2H3;1-2H3. The van der Waals surface area contributed by atoms with Crippen LogP contribution in [0.5, 0.6) is 0 Å². The zero-order valence-electron chi connectivity index (χ0n) is 9.23. The van der Waals surface area contributed by atoms with Crippen molar-refractivity contribution < 1.29 is 18.3 Å². The summed E-state index contributed by atoms with van der Waals surface area (Å²) in [5.41, 5.74) is -0.226. The van der Waals surface area contributed by atoms with E-state index in [1.54, 1.807) is 0 Å². The Morgan fingerprint density at radius 3 is 1.93 bits per heavy atom. The molecule has 2 nitrogen and oxygen atoms in total. The summed E-state index contributed by atoms with van der Waals surface area (Å²) in [6.45, 7) is 5.53. The van der Waals surface area contributed by atoms with Gasteiger partial charge in [0, 0.05) is 0 Å². The van der Waals surface area contributed by atoms with Crippen molar-refractivity contribution in [3.8, 4) is 0 Å². The van der Waals surface area contributed by atoms with Crippen molar-refractivity contribution >= 4 is 5.97 Å². The van der Waals surface area contributed by atoms with Crippen LogP contribution in [0.15, 0.2) is 12.1 Å². The lowest BCUT2D eigenvalue weighted by Gasteiger charge is -2.03. The third-order valence-electron chi connectivity index (χ3n) is 1.58. The van der Waals surface area contributed by atoms with Gasteiger partial charge in [0.1, 0.15) is 17.2 Å². The topological polar surface area (TPSA) is 26.3 Å². The van der Waals surface area contributed by atoms with Crippen molar-refractivity contribution in [3.05, 3.63) is 34.9 Å². The van der Waals surface area contributed by atoms with Gasteiger partial charge in [-0.3, -0.25) is 0 Å². The van der Waals surface area contributed by atoms with Gasteiger partial charge < -0.3 is 4.74 Å². The van der Waals surface area contributed by atoms with Crippen molar-refractivity contribution in [2.75, 3.05) is 7.11 Å². The molecule has 0 heterocycles. The third kappa shape index (κ3) is 3.31. The molecule has 0 unspecified atom stereocenters. The van der Waals surface area contributed by atoms with E-state index in [4.69, 9.17) is 0 Å². The summed E-state index contributed by atoms with van der Waals surface area (Å²) in [5, 5.41) is 0. The van der Waals surface area contributed by atoms with E-state index in [0.29, 0.717) is 5.56 Å². The Labute approximate surface area is 87.9 Å². The van der Waals surface area contributed by atoms with E-state index in [-0.39, 0.29) is 0 Å². The molecule has 0 bridgehead atoms. The second-order valence-corrected chi connectivity index (χ2v) is 2.60. The Hall–Kier alpha value is -1.45. The van der Waals surface area contributed by atoms with Crippen LogP contribution in [-0.4, -0.2) is 13.1 Å². The zero-order chi connectivity index (χ0) is 12.0. The van der Waals surface area contributed by atoms with E-state index in [1.807, 2.05) is 13.8 Å². The second kappa shape index (κ2) is 6.11. The molecule has 0 spiro atoms. The first kappa shape index (κ1) is 13.5. The average molecular weight is 216 g/mol. The minimum atomic E-state index is -1.00. The molecule has 0 saturated carbocycles. The molecule has 15 heavy (non-hydrogen) atoms. The Morgan fingerprint density at radius 1 is 1.20 bits per heavy atom. The lowest BCUT2D eigenvalue weighted by atomic mass is 10.1. The summed E-state index contributed by atoms with van der Waals surface area (Å²) in [6.07, 6.45) is 0. The number of rotatable bonds is 1. The highest BCUT2D eigenvalue weighted by Crippen LogP contribution is 2.15. The molecular formula is C11H14F2O2. The number of halogens is 2. The van der Waals surface area contributed by atoms with Gasteiger partial charge in [-0.05, 0) is 24.6 Å². The second-order valence-electron chi connectivity index (χ2n) is 2.60. The Morgan fingerprint density at radius 2 is 1.60 bits per heavy atom. The van der Waals surface area contributed by atoms with Gasteiger partial charge in [0.2, 0.25) is 0 Å². The van der Waals surface area contributed by atoms with Crippen LogP contribution in [0.25, 0.3) is 0 Å². The lowest BCUT2D eigenvalue weighted by Crippen LogP contribution is -2.08. The quantitative estimate of drug-likeness (QED) is 0.674. The van der Waals surface area contributed by atoms with E-state index >= 15 is 0 Å². The molecule has 1 aromatic rings. The maximum Gasteiger partial charge on any atom is 0.343 e. The molecule has 0 fully saturated rings. The normalized spacial score (nSPS) is 8.93. The Bertz CT molecular complexity index is 325. The van der Waals surface area contributed by atoms with Crippen LogP contribution in [0.4, 0.5) is 8.78 Å². The van der Waals surface area contributed by atoms with E-state index in [2.05, 4.69) is 4.74 Å². The molecule has 0 saturated heterocycles. The number of benzene rings is 1. The molecule has 0 aliphatic heterocycles. The first-order chi connectivity index (χ1) is 7.06. The monoisotopic (exact) mass is 216 g/mol. The minimum Gasteiger partial charge on any atom is -0.465 e. The number of hydrogen-bond donors (Lipinski definition) is 0. The van der Waals surface area contributed by atoms with Crippen molar-refractivity contribution in [2.24, 2.45) is 0 Å². The Balaban J connectivity index is 0.000000921. The number of methoxy groups -OCH3 is 1. The molecule has 0 atom stereocenters. The van der Waals surface area contributed by atoms with Gasteiger partial charge >= 0.3 is 5.97 Å². The molecule has 4 heteroatoms. The van der Waals surface area contributed by atoms with Gasteiger partial charge in [-0.25, -0.2) is 13.6 Å². The number of hydrogen-bond acceptors (Lipinski definition) is 2. The predicted octanol–water partition coefficient (Wildman–Crippen LogP) is 3.09. The summed E-state index contributed by atoms with van der Waals surface area (Å²) in [7, 11) is 1.07. The largest absolute Gasteiger partial charge is 0.465 e. The summed E-state index contributed by atoms with van der Waals surface area (Å²) in [6, 6.07) is 2.16. The van der Waals surface area contributed by atoms with Crippen LogP contribution >= 0.6 is 0 Å². The fourth-order valence-corrected chi connectivity index (χ4v) is 0.997. The summed E-state index contributed by atoms with van der Waals surface area (Å²) in [5.74, 6) is -2.80. The van der Waals surface area contributed by atoms with E-state index in [9.17, 15) is 13.6 Å². The number of esters is 1. The van der Waals surface area contributed by atoms with E-state index < -0.39 is 23.2 Å². The van der Waals surface area contributed by atoms with Crippen LogP contribution in [0.2, 0.25) is 0 Å². The predicted molar refractivity (Wildman–Crippen MR) is 53.8 cm³/mol. The van der Waals surface area contributed by atoms with E-state index in [1.165, 1.54) is 6.92 Å². The first-order valence-electron chi connectivity index (χ1n) is 4.60. The molecule has 0 N–H and O–H groups in total. The molecule has 1 aromatic carbocycles. The summed E-state index contributed by atoms with van der Waals surface area (Å²) in [4.78, 5) is 10.9. The molecule has 1 rings (SSSR count). The van der Waals surface area contributed by atoms with Crippen LogP contribution in [0.3, 0.4) is 0 Å². The third-order valence-corrected chi connectivity index (χ3v) is 1.58. The first-order valence-corrected chi connectivity index (χ1v) is 4.60. The van der Waals surface area contributed by atoms with E-state index in [0.717, 1.165) is 19.2 Å². The molecule has 0 aliphatic carbocycles. The molecule has 84 valence electrons. The summed E-state index contributed by atoms with van der Waals surface area (Å²) >= 11 is 0. The average Bonchev–Trinajstić information content (AvgIpc) is 2.19.